The first-order valence-electron chi connectivity index (χ1n) is 12.4. The Morgan fingerprint density at radius 1 is 0.933 bits per heavy atom. The smallest absolute Gasteiger partial charge is 0.338 e. The van der Waals surface area contributed by atoms with Crippen LogP contribution in [0.4, 0.5) is 0 Å². The van der Waals surface area contributed by atoms with E-state index in [2.05, 4.69) is 25.1 Å². The Labute approximate surface area is 183 Å². The van der Waals surface area contributed by atoms with Crippen LogP contribution in [0.15, 0.2) is 24.3 Å². The zero-order valence-electron chi connectivity index (χ0n) is 18.8. The second kappa shape index (κ2) is 12.1. The van der Waals surface area contributed by atoms with E-state index in [1.54, 1.807) is 0 Å². The number of nitrogens with zero attached hydrogens (tertiary/aromatic N) is 1. The highest BCUT2D eigenvalue weighted by atomic mass is 16.5. The summed E-state index contributed by atoms with van der Waals surface area (Å²) >= 11 is 0. The van der Waals surface area contributed by atoms with Gasteiger partial charge in [-0.1, -0.05) is 44.7 Å². The number of hydrogen-bond acceptors (Lipinski definition) is 3. The van der Waals surface area contributed by atoms with Gasteiger partial charge in [-0.15, -0.1) is 0 Å². The first kappa shape index (κ1) is 22.9. The molecule has 0 N–H and O–H groups in total. The molecule has 0 radical (unpaired) electrons. The fourth-order valence-corrected chi connectivity index (χ4v) is 5.39. The molecule has 0 saturated heterocycles. The van der Waals surface area contributed by atoms with E-state index in [0.29, 0.717) is 23.8 Å². The van der Waals surface area contributed by atoms with Crippen molar-refractivity contribution >= 4 is 5.97 Å². The summed E-state index contributed by atoms with van der Waals surface area (Å²) in [6.45, 7) is 2.28. The fraction of sp³-hybridized carbons (Fsp3) is 0.704. The Morgan fingerprint density at radius 3 is 2.20 bits per heavy atom. The number of carbonyl (C=O) groups is 1. The molecule has 2 aliphatic carbocycles. The first-order valence-corrected chi connectivity index (χ1v) is 12.4. The van der Waals surface area contributed by atoms with E-state index >= 15 is 0 Å². The molecule has 164 valence electrons. The fourth-order valence-electron chi connectivity index (χ4n) is 5.39. The van der Waals surface area contributed by atoms with E-state index in [1.807, 2.05) is 12.1 Å². The van der Waals surface area contributed by atoms with Gasteiger partial charge in [0.25, 0.3) is 0 Å². The van der Waals surface area contributed by atoms with Crippen LogP contribution >= 0.6 is 0 Å². The highest BCUT2D eigenvalue weighted by Gasteiger charge is 2.25. The molecule has 0 aromatic heterocycles. The molecule has 0 bridgehead atoms. The van der Waals surface area contributed by atoms with Gasteiger partial charge in [-0.3, -0.25) is 0 Å². The molecule has 2 fully saturated rings. The molecule has 2 aliphatic rings. The van der Waals surface area contributed by atoms with Crippen LogP contribution in [-0.2, 0) is 4.74 Å². The number of hydrogen-bond donors (Lipinski definition) is 0. The first-order chi connectivity index (χ1) is 14.7. The average Bonchev–Trinajstić information content (AvgIpc) is 2.79. The van der Waals surface area contributed by atoms with Crippen molar-refractivity contribution in [1.82, 2.24) is 0 Å². The van der Waals surface area contributed by atoms with Crippen molar-refractivity contribution in [3.63, 3.8) is 0 Å². The second-order valence-electron chi connectivity index (χ2n) is 9.58. The van der Waals surface area contributed by atoms with E-state index in [-0.39, 0.29) is 12.1 Å². The summed E-state index contributed by atoms with van der Waals surface area (Å²) in [7, 11) is 0. The lowest BCUT2D eigenvalue weighted by molar-refractivity contribution is 0.0162. The standard InChI is InChI=1S/C27H39NO2/c1-2-3-4-6-21-8-12-23(13-9-21)24-14-16-25(17-15-24)27(29)30-26-18-10-22(11-19-26)7-5-20-28/h14-17,21-23,26H,2-13,18-19H2,1H3/t21-,22?,23-,26?. The van der Waals surface area contributed by atoms with Gasteiger partial charge in [-0.25, -0.2) is 4.79 Å². The topological polar surface area (TPSA) is 50.1 Å². The van der Waals surface area contributed by atoms with E-state index < -0.39 is 0 Å². The van der Waals surface area contributed by atoms with Gasteiger partial charge >= 0.3 is 5.97 Å². The molecular weight excluding hydrogens is 370 g/mol. The quantitative estimate of drug-likeness (QED) is 0.312. The van der Waals surface area contributed by atoms with Crippen LogP contribution < -0.4 is 0 Å². The van der Waals surface area contributed by atoms with Crippen molar-refractivity contribution in [2.24, 2.45) is 11.8 Å². The van der Waals surface area contributed by atoms with Crippen molar-refractivity contribution in [2.75, 3.05) is 0 Å². The largest absolute Gasteiger partial charge is 0.459 e. The summed E-state index contributed by atoms with van der Waals surface area (Å²) in [5.41, 5.74) is 2.06. The minimum atomic E-state index is -0.179. The summed E-state index contributed by atoms with van der Waals surface area (Å²) < 4.78 is 5.77. The van der Waals surface area contributed by atoms with Crippen LogP contribution in [0.25, 0.3) is 0 Å². The number of nitriles is 1. The van der Waals surface area contributed by atoms with Gasteiger partial charge in [0, 0.05) is 6.42 Å². The molecule has 3 rings (SSSR count). The van der Waals surface area contributed by atoms with Crippen LogP contribution in [0.2, 0.25) is 0 Å². The highest BCUT2D eigenvalue weighted by molar-refractivity contribution is 5.89. The van der Waals surface area contributed by atoms with Gasteiger partial charge < -0.3 is 4.74 Å². The molecule has 3 nitrogen and oxygen atoms in total. The monoisotopic (exact) mass is 409 g/mol. The maximum Gasteiger partial charge on any atom is 0.338 e. The van der Waals surface area contributed by atoms with Crippen LogP contribution in [-0.4, -0.2) is 12.1 Å². The minimum absolute atomic E-state index is 0.0403. The summed E-state index contributed by atoms with van der Waals surface area (Å²) in [6, 6.07) is 10.5. The van der Waals surface area contributed by atoms with E-state index in [9.17, 15) is 4.79 Å². The van der Waals surface area contributed by atoms with Crippen molar-refractivity contribution in [2.45, 2.75) is 109 Å². The van der Waals surface area contributed by atoms with Crippen LogP contribution in [0, 0.1) is 23.2 Å². The molecule has 0 amide bonds. The van der Waals surface area contributed by atoms with E-state index in [1.165, 1.54) is 56.9 Å². The third-order valence-corrected chi connectivity index (χ3v) is 7.41. The third-order valence-electron chi connectivity index (χ3n) is 7.41. The normalized spacial score (nSPS) is 26.7. The predicted octanol–water partition coefficient (Wildman–Crippen LogP) is 7.56. The molecule has 2 saturated carbocycles. The number of esters is 1. The molecule has 0 spiro atoms. The molecule has 30 heavy (non-hydrogen) atoms. The van der Waals surface area contributed by atoms with Crippen molar-refractivity contribution in [3.05, 3.63) is 35.4 Å². The molecular formula is C27H39NO2. The van der Waals surface area contributed by atoms with Crippen LogP contribution in [0.5, 0.6) is 0 Å². The molecule has 0 unspecified atom stereocenters. The molecule has 0 heterocycles. The number of benzene rings is 1. The van der Waals surface area contributed by atoms with Gasteiger partial charge in [0.2, 0.25) is 0 Å². The van der Waals surface area contributed by atoms with Gasteiger partial charge in [-0.2, -0.15) is 5.26 Å². The zero-order valence-corrected chi connectivity index (χ0v) is 18.8. The number of unbranched alkanes of at least 4 members (excludes halogenated alkanes) is 2. The van der Waals surface area contributed by atoms with E-state index in [4.69, 9.17) is 10.00 Å². The van der Waals surface area contributed by atoms with Gasteiger partial charge in [0.05, 0.1) is 11.6 Å². The summed E-state index contributed by atoms with van der Waals surface area (Å²) in [5, 5.41) is 8.73. The Kier molecular flexibility index (Phi) is 9.25. The Balaban J connectivity index is 1.41. The van der Waals surface area contributed by atoms with E-state index in [0.717, 1.165) is 38.0 Å². The van der Waals surface area contributed by atoms with Crippen LogP contribution in [0.3, 0.4) is 0 Å². The molecule has 0 atom stereocenters. The van der Waals surface area contributed by atoms with Gasteiger partial charge in [-0.05, 0) is 93.2 Å². The molecule has 3 heteroatoms. The molecule has 0 aliphatic heterocycles. The summed E-state index contributed by atoms with van der Waals surface area (Å²) in [4.78, 5) is 12.6. The maximum absolute atomic E-state index is 12.6. The predicted molar refractivity (Wildman–Crippen MR) is 121 cm³/mol. The number of rotatable bonds is 9. The summed E-state index contributed by atoms with van der Waals surface area (Å²) in [5.74, 6) is 2.03. The SMILES string of the molecule is CCCCC[C@H]1CC[C@H](c2ccc(C(=O)OC3CCC(CCC#N)CC3)cc2)CC1. The average molecular weight is 410 g/mol. The lowest BCUT2D eigenvalue weighted by Gasteiger charge is -2.29. The van der Waals surface area contributed by atoms with Crippen molar-refractivity contribution in [3.8, 4) is 6.07 Å². The summed E-state index contributed by atoms with van der Waals surface area (Å²) in [6.07, 6.45) is 16.4. The second-order valence-corrected chi connectivity index (χ2v) is 9.58. The van der Waals surface area contributed by atoms with Crippen LogP contribution in [0.1, 0.15) is 119 Å². The molecule has 1 aromatic rings. The Morgan fingerprint density at radius 2 is 1.57 bits per heavy atom. The number of ether oxygens (including phenoxy) is 1. The highest BCUT2D eigenvalue weighted by Crippen LogP contribution is 2.38. The molecule has 1 aromatic carbocycles. The number of carbonyl (C=O) groups excluding carboxylic acids is 1. The van der Waals surface area contributed by atoms with Gasteiger partial charge in [0.15, 0.2) is 0 Å². The Bertz CT molecular complexity index is 674. The van der Waals surface area contributed by atoms with Crippen molar-refractivity contribution in [1.29, 1.82) is 5.26 Å². The van der Waals surface area contributed by atoms with Crippen molar-refractivity contribution < 1.29 is 9.53 Å². The Hall–Kier alpha value is -1.82. The lowest BCUT2D eigenvalue weighted by Crippen LogP contribution is -2.24. The minimum Gasteiger partial charge on any atom is -0.459 e. The van der Waals surface area contributed by atoms with Gasteiger partial charge in [0.1, 0.15) is 6.10 Å². The lowest BCUT2D eigenvalue weighted by atomic mass is 9.77. The maximum atomic E-state index is 12.6. The third kappa shape index (κ3) is 6.86. The zero-order chi connectivity index (χ0) is 21.2.